The number of hydrogen-bond acceptors (Lipinski definition) is 2. The second-order valence-corrected chi connectivity index (χ2v) is 4.63. The van der Waals surface area contributed by atoms with Gasteiger partial charge in [0.25, 0.3) is 0 Å². The van der Waals surface area contributed by atoms with E-state index in [0.29, 0.717) is 6.07 Å². The molecule has 106 valence electrons. The van der Waals surface area contributed by atoms with Gasteiger partial charge < -0.3 is 10.8 Å². The summed E-state index contributed by atoms with van der Waals surface area (Å²) >= 11 is 2.66. The Kier molecular flexibility index (Phi) is 4.20. The molecule has 9 heteroatoms. The van der Waals surface area contributed by atoms with Crippen molar-refractivity contribution < 1.29 is 31.9 Å². The molecule has 0 fully saturated rings. The highest BCUT2D eigenvalue weighted by atomic mass is 79.9. The van der Waals surface area contributed by atoms with Crippen LogP contribution in [0.25, 0.3) is 0 Å². The van der Waals surface area contributed by atoms with E-state index in [2.05, 4.69) is 15.9 Å². The molecular weight excluding hydrogens is 341 g/mol. The van der Waals surface area contributed by atoms with Crippen molar-refractivity contribution in [2.45, 2.75) is 18.1 Å². The van der Waals surface area contributed by atoms with Crippen molar-refractivity contribution in [2.75, 3.05) is 0 Å². The van der Waals surface area contributed by atoms with E-state index < -0.39 is 41.3 Å². The minimum atomic E-state index is -5.36. The van der Waals surface area contributed by atoms with Crippen LogP contribution in [0.5, 0.6) is 0 Å². The van der Waals surface area contributed by atoms with Gasteiger partial charge in [-0.15, -0.1) is 0 Å². The van der Waals surface area contributed by atoms with Crippen LogP contribution in [-0.4, -0.2) is 22.8 Å². The maximum atomic E-state index is 13.5. The van der Waals surface area contributed by atoms with Crippen LogP contribution < -0.4 is 5.73 Å². The molecule has 0 aliphatic heterocycles. The molecule has 0 saturated carbocycles. The number of nitrogens with two attached hydrogens (primary N) is 1. The summed E-state index contributed by atoms with van der Waals surface area (Å²) in [6.45, 7) is 0. The predicted octanol–water partition coefficient (Wildman–Crippen LogP) is 2.61. The van der Waals surface area contributed by atoms with Gasteiger partial charge in [0.05, 0.1) is 4.47 Å². The molecule has 0 heterocycles. The molecule has 1 atom stereocenters. The van der Waals surface area contributed by atoms with Gasteiger partial charge in [-0.2, -0.15) is 13.2 Å². The molecule has 3 nitrogen and oxygen atoms in total. The summed E-state index contributed by atoms with van der Waals surface area (Å²) in [5.41, 5.74) is -0.0486. The first kappa shape index (κ1) is 15.8. The second kappa shape index (κ2) is 5.04. The van der Waals surface area contributed by atoms with Gasteiger partial charge in [-0.05, 0) is 28.1 Å². The summed E-state index contributed by atoms with van der Waals surface area (Å²) in [5.74, 6) is -5.04. The van der Waals surface area contributed by atoms with Crippen LogP contribution in [0.4, 0.5) is 22.0 Å². The first-order valence-corrected chi connectivity index (χ1v) is 5.51. The quantitative estimate of drug-likeness (QED) is 0.652. The topological polar surface area (TPSA) is 63.3 Å². The Hall–Kier alpha value is -1.22. The number of benzene rings is 1. The highest BCUT2D eigenvalue weighted by Gasteiger charge is 2.58. The predicted molar refractivity (Wildman–Crippen MR) is 58.4 cm³/mol. The summed E-state index contributed by atoms with van der Waals surface area (Å²) < 4.78 is 64.5. The van der Waals surface area contributed by atoms with Crippen LogP contribution in [0.2, 0.25) is 0 Å². The molecule has 0 spiro atoms. The van der Waals surface area contributed by atoms with Crippen molar-refractivity contribution in [3.63, 3.8) is 0 Å². The van der Waals surface area contributed by atoms with E-state index in [1.165, 1.54) is 0 Å². The molecular formula is C10H7BrF5NO2. The number of hydrogen-bond donors (Lipinski definition) is 2. The molecule has 19 heavy (non-hydrogen) atoms. The maximum Gasteiger partial charge on any atom is 0.417 e. The number of halogens is 6. The van der Waals surface area contributed by atoms with Gasteiger partial charge in [0.1, 0.15) is 11.6 Å². The van der Waals surface area contributed by atoms with Gasteiger partial charge in [-0.25, -0.2) is 13.6 Å². The number of carboxylic acid groups (broad SMARTS) is 1. The summed E-state index contributed by atoms with van der Waals surface area (Å²) in [7, 11) is 0. The smallest absolute Gasteiger partial charge is 0.417 e. The number of alkyl halides is 3. The van der Waals surface area contributed by atoms with Crippen molar-refractivity contribution in [2.24, 2.45) is 5.73 Å². The Morgan fingerprint density at radius 3 is 2.26 bits per heavy atom. The fraction of sp³-hybridized carbons (Fsp3) is 0.300. The van der Waals surface area contributed by atoms with E-state index in [9.17, 15) is 26.7 Å². The first-order valence-electron chi connectivity index (χ1n) is 4.72. The van der Waals surface area contributed by atoms with Crippen molar-refractivity contribution in [1.82, 2.24) is 0 Å². The third-order valence-electron chi connectivity index (χ3n) is 2.48. The minimum Gasteiger partial charge on any atom is -0.480 e. The molecule has 0 bridgehead atoms. The lowest BCUT2D eigenvalue weighted by Crippen LogP contribution is -2.61. The lowest BCUT2D eigenvalue weighted by atomic mass is 9.90. The molecule has 0 aliphatic carbocycles. The van der Waals surface area contributed by atoms with Gasteiger partial charge in [-0.3, -0.25) is 0 Å². The maximum absolute atomic E-state index is 13.5. The molecule has 0 saturated heterocycles. The van der Waals surface area contributed by atoms with Crippen molar-refractivity contribution in [3.8, 4) is 0 Å². The van der Waals surface area contributed by atoms with Crippen LogP contribution in [0.1, 0.15) is 5.56 Å². The Bertz CT molecular complexity index is 519. The highest BCUT2D eigenvalue weighted by molar-refractivity contribution is 9.10. The number of carbonyl (C=O) groups is 1. The lowest BCUT2D eigenvalue weighted by Gasteiger charge is -2.27. The van der Waals surface area contributed by atoms with Gasteiger partial charge in [0, 0.05) is 12.0 Å². The highest BCUT2D eigenvalue weighted by Crippen LogP contribution is 2.34. The average Bonchev–Trinajstić information content (AvgIpc) is 2.27. The monoisotopic (exact) mass is 347 g/mol. The average molecular weight is 348 g/mol. The van der Waals surface area contributed by atoms with E-state index in [0.717, 1.165) is 6.07 Å². The molecule has 0 amide bonds. The van der Waals surface area contributed by atoms with Crippen LogP contribution >= 0.6 is 15.9 Å². The first-order chi connectivity index (χ1) is 8.50. The molecule has 3 N–H and O–H groups in total. The Balaban J connectivity index is 3.34. The Morgan fingerprint density at radius 2 is 1.84 bits per heavy atom. The third kappa shape index (κ3) is 2.86. The standard InChI is InChI=1S/C10H7BrF5NO2/c11-5-1-2-6(12)4(7(5)13)3-9(17,8(18)19)10(14,15)16/h1-2H,3,17H2,(H,18,19). The molecule has 1 aromatic carbocycles. The van der Waals surface area contributed by atoms with Crippen LogP contribution in [0.3, 0.4) is 0 Å². The summed E-state index contributed by atoms with van der Waals surface area (Å²) in [5, 5.41) is 8.58. The minimum absolute atomic E-state index is 0.293. The van der Waals surface area contributed by atoms with E-state index in [1.807, 2.05) is 0 Å². The van der Waals surface area contributed by atoms with E-state index in [1.54, 1.807) is 0 Å². The zero-order valence-corrected chi connectivity index (χ0v) is 10.6. The molecule has 0 aliphatic rings. The molecule has 1 rings (SSSR count). The van der Waals surface area contributed by atoms with Crippen LogP contribution in [0.15, 0.2) is 16.6 Å². The van der Waals surface area contributed by atoms with Crippen LogP contribution in [-0.2, 0) is 11.2 Å². The zero-order valence-electron chi connectivity index (χ0n) is 9.06. The molecule has 1 aromatic rings. The van der Waals surface area contributed by atoms with Gasteiger partial charge in [0.2, 0.25) is 5.54 Å². The van der Waals surface area contributed by atoms with Gasteiger partial charge >= 0.3 is 12.1 Å². The zero-order chi connectivity index (χ0) is 15.0. The van der Waals surface area contributed by atoms with E-state index in [-0.39, 0.29) is 4.47 Å². The Labute approximate surface area is 112 Å². The SMILES string of the molecule is NC(Cc1c(F)ccc(Br)c1F)(C(=O)O)C(F)(F)F. The summed E-state index contributed by atoms with van der Waals surface area (Å²) in [6.07, 6.45) is -6.91. The van der Waals surface area contributed by atoms with Crippen molar-refractivity contribution in [1.29, 1.82) is 0 Å². The molecule has 1 unspecified atom stereocenters. The number of rotatable bonds is 3. The molecule has 0 aromatic heterocycles. The normalized spacial score (nSPS) is 15.1. The lowest BCUT2D eigenvalue weighted by molar-refractivity contribution is -0.201. The van der Waals surface area contributed by atoms with Gasteiger partial charge in [-0.1, -0.05) is 0 Å². The second-order valence-electron chi connectivity index (χ2n) is 3.77. The fourth-order valence-corrected chi connectivity index (χ4v) is 1.68. The van der Waals surface area contributed by atoms with E-state index in [4.69, 9.17) is 10.8 Å². The number of carboxylic acids is 1. The molecule has 0 radical (unpaired) electrons. The largest absolute Gasteiger partial charge is 0.480 e. The van der Waals surface area contributed by atoms with Gasteiger partial charge in [0.15, 0.2) is 0 Å². The summed E-state index contributed by atoms with van der Waals surface area (Å²) in [6, 6.07) is 1.65. The number of aliphatic carboxylic acids is 1. The third-order valence-corrected chi connectivity index (χ3v) is 3.09. The van der Waals surface area contributed by atoms with Crippen LogP contribution in [0, 0.1) is 11.6 Å². The van der Waals surface area contributed by atoms with E-state index >= 15 is 0 Å². The fourth-order valence-electron chi connectivity index (χ4n) is 1.31. The van der Waals surface area contributed by atoms with Crippen molar-refractivity contribution in [3.05, 3.63) is 33.8 Å². The Morgan fingerprint density at radius 1 is 1.32 bits per heavy atom. The summed E-state index contributed by atoms with van der Waals surface area (Å²) in [4.78, 5) is 10.7. The van der Waals surface area contributed by atoms with Crippen molar-refractivity contribution >= 4 is 21.9 Å².